The van der Waals surface area contributed by atoms with Gasteiger partial charge in [0.15, 0.2) is 5.13 Å². The first-order chi connectivity index (χ1) is 14.2. The lowest BCUT2D eigenvalue weighted by Gasteiger charge is -2.22. The maximum Gasteiger partial charge on any atom is 0.255 e. The SMILES string of the molecule is CC(C)(O)C(F)CNC(=O)c1cnc(Cl)cc1Nc1nc(Cc2ccccc2)cs1. The minimum atomic E-state index is -1.61. The Kier molecular flexibility index (Phi) is 7.02. The van der Waals surface area contributed by atoms with Crippen molar-refractivity contribution in [2.75, 3.05) is 11.9 Å². The number of rotatable bonds is 8. The largest absolute Gasteiger partial charge is 0.387 e. The highest BCUT2D eigenvalue weighted by molar-refractivity contribution is 7.13. The van der Waals surface area contributed by atoms with E-state index in [1.54, 1.807) is 0 Å². The molecule has 1 atom stereocenters. The van der Waals surface area contributed by atoms with Crippen LogP contribution in [0.15, 0.2) is 48.0 Å². The van der Waals surface area contributed by atoms with Gasteiger partial charge in [0.1, 0.15) is 11.3 Å². The molecule has 1 amide bonds. The number of aromatic nitrogens is 2. The molecule has 0 aliphatic rings. The summed E-state index contributed by atoms with van der Waals surface area (Å²) in [5, 5.41) is 18.0. The number of hydrogen-bond donors (Lipinski definition) is 3. The number of pyridine rings is 1. The predicted octanol–water partition coefficient (Wildman–Crippen LogP) is 4.36. The number of carbonyl (C=O) groups is 1. The Morgan fingerprint density at radius 1 is 1.33 bits per heavy atom. The van der Waals surface area contributed by atoms with Crippen LogP contribution in [-0.4, -0.2) is 39.3 Å². The van der Waals surface area contributed by atoms with E-state index in [1.807, 2.05) is 35.7 Å². The van der Waals surface area contributed by atoms with Crippen molar-refractivity contribution in [1.82, 2.24) is 15.3 Å². The van der Waals surface area contributed by atoms with Crippen LogP contribution in [-0.2, 0) is 6.42 Å². The number of nitrogens with one attached hydrogen (secondary N) is 2. The van der Waals surface area contributed by atoms with Crippen molar-refractivity contribution in [1.29, 1.82) is 0 Å². The molecule has 0 spiro atoms. The molecule has 0 aliphatic carbocycles. The zero-order valence-corrected chi connectivity index (χ0v) is 18.1. The van der Waals surface area contributed by atoms with Gasteiger partial charge in [0.2, 0.25) is 0 Å². The van der Waals surface area contributed by atoms with Crippen LogP contribution in [0.3, 0.4) is 0 Å². The molecule has 2 aromatic heterocycles. The molecule has 9 heteroatoms. The number of anilines is 2. The summed E-state index contributed by atoms with van der Waals surface area (Å²) < 4.78 is 14.0. The molecule has 2 heterocycles. The highest BCUT2D eigenvalue weighted by Crippen LogP contribution is 2.26. The molecule has 3 aromatic rings. The van der Waals surface area contributed by atoms with Crippen molar-refractivity contribution >= 4 is 39.7 Å². The van der Waals surface area contributed by atoms with Gasteiger partial charge in [-0.05, 0) is 25.5 Å². The zero-order chi connectivity index (χ0) is 21.7. The van der Waals surface area contributed by atoms with Gasteiger partial charge in [-0.15, -0.1) is 11.3 Å². The fourth-order valence-electron chi connectivity index (χ4n) is 2.61. The van der Waals surface area contributed by atoms with E-state index in [9.17, 15) is 14.3 Å². The van der Waals surface area contributed by atoms with E-state index in [0.29, 0.717) is 17.2 Å². The number of thiazole rings is 1. The summed E-state index contributed by atoms with van der Waals surface area (Å²) in [7, 11) is 0. The van der Waals surface area contributed by atoms with Gasteiger partial charge in [-0.3, -0.25) is 4.79 Å². The van der Waals surface area contributed by atoms with Gasteiger partial charge in [-0.2, -0.15) is 0 Å². The third-order valence-corrected chi connectivity index (χ3v) is 5.36. The summed E-state index contributed by atoms with van der Waals surface area (Å²) in [5.41, 5.74) is 1.09. The second-order valence-corrected chi connectivity index (χ2v) is 8.56. The van der Waals surface area contributed by atoms with Crippen molar-refractivity contribution in [2.24, 2.45) is 0 Å². The van der Waals surface area contributed by atoms with Crippen LogP contribution in [0, 0.1) is 0 Å². The summed E-state index contributed by atoms with van der Waals surface area (Å²) in [6, 6.07) is 11.5. The molecule has 0 fully saturated rings. The smallest absolute Gasteiger partial charge is 0.255 e. The van der Waals surface area contributed by atoms with Gasteiger partial charge >= 0.3 is 0 Å². The Bertz CT molecular complexity index is 1010. The van der Waals surface area contributed by atoms with Gasteiger partial charge in [0.05, 0.1) is 29.1 Å². The van der Waals surface area contributed by atoms with Crippen LogP contribution in [0.4, 0.5) is 15.2 Å². The number of benzene rings is 1. The number of nitrogens with zero attached hydrogens (tertiary/aromatic N) is 2. The second-order valence-electron chi connectivity index (χ2n) is 7.32. The lowest BCUT2D eigenvalue weighted by molar-refractivity contribution is -0.00177. The first-order valence-electron chi connectivity index (χ1n) is 9.28. The Morgan fingerprint density at radius 3 is 2.77 bits per heavy atom. The Labute approximate surface area is 183 Å². The van der Waals surface area contributed by atoms with Crippen LogP contribution >= 0.6 is 22.9 Å². The summed E-state index contributed by atoms with van der Waals surface area (Å²) in [5.74, 6) is -0.533. The molecule has 1 unspecified atom stereocenters. The maximum atomic E-state index is 14.0. The molecule has 0 saturated heterocycles. The molecule has 1 aromatic carbocycles. The van der Waals surface area contributed by atoms with Gasteiger partial charge in [0, 0.05) is 18.0 Å². The average Bonchev–Trinajstić information content (AvgIpc) is 3.12. The molecule has 0 radical (unpaired) electrons. The standard InChI is InChI=1S/C21H22ClFN4O2S/c1-21(2,29)17(23)11-25-19(28)15-10-24-18(22)9-16(15)27-20-26-14(12-30-20)8-13-6-4-3-5-7-13/h3-7,9-10,12,17,29H,8,11H2,1-2H3,(H,25,28)(H,24,26,27). The average molecular weight is 449 g/mol. The number of carbonyl (C=O) groups excluding carboxylic acids is 1. The summed E-state index contributed by atoms with van der Waals surface area (Å²) in [4.78, 5) is 21.0. The lowest BCUT2D eigenvalue weighted by atomic mass is 10.0. The van der Waals surface area contributed by atoms with Gasteiger partial charge in [0.25, 0.3) is 5.91 Å². The molecule has 30 heavy (non-hydrogen) atoms. The van der Waals surface area contributed by atoms with E-state index in [4.69, 9.17) is 11.6 Å². The Morgan fingerprint density at radius 2 is 2.07 bits per heavy atom. The van der Waals surface area contributed by atoms with Gasteiger partial charge in [-0.1, -0.05) is 41.9 Å². The van der Waals surface area contributed by atoms with E-state index in [2.05, 4.69) is 20.6 Å². The van der Waals surface area contributed by atoms with Crippen molar-refractivity contribution in [3.63, 3.8) is 0 Å². The molecule has 6 nitrogen and oxygen atoms in total. The van der Waals surface area contributed by atoms with E-state index in [1.165, 1.54) is 37.4 Å². The van der Waals surface area contributed by atoms with Crippen LogP contribution < -0.4 is 10.6 Å². The monoisotopic (exact) mass is 448 g/mol. The van der Waals surface area contributed by atoms with Crippen LogP contribution in [0.25, 0.3) is 0 Å². The fraction of sp³-hybridized carbons (Fsp3) is 0.286. The molecule has 0 saturated carbocycles. The van der Waals surface area contributed by atoms with Crippen molar-refractivity contribution in [3.05, 3.63) is 69.9 Å². The zero-order valence-electron chi connectivity index (χ0n) is 16.5. The van der Waals surface area contributed by atoms with Crippen LogP contribution in [0.1, 0.15) is 35.5 Å². The summed E-state index contributed by atoms with van der Waals surface area (Å²) in [6.07, 6.45) is 0.395. The number of amides is 1. The topological polar surface area (TPSA) is 87.1 Å². The van der Waals surface area contributed by atoms with Crippen LogP contribution in [0.2, 0.25) is 5.15 Å². The highest BCUT2D eigenvalue weighted by atomic mass is 35.5. The van der Waals surface area contributed by atoms with Crippen molar-refractivity contribution in [3.8, 4) is 0 Å². The molecule has 3 N–H and O–H groups in total. The van der Waals surface area contributed by atoms with Crippen molar-refractivity contribution in [2.45, 2.75) is 32.0 Å². The van der Waals surface area contributed by atoms with Crippen LogP contribution in [0.5, 0.6) is 0 Å². The summed E-state index contributed by atoms with van der Waals surface area (Å²) in [6.45, 7) is 2.36. The molecule has 3 rings (SSSR count). The predicted molar refractivity (Wildman–Crippen MR) is 117 cm³/mol. The highest BCUT2D eigenvalue weighted by Gasteiger charge is 2.27. The fourth-order valence-corrected chi connectivity index (χ4v) is 3.49. The van der Waals surface area contributed by atoms with E-state index >= 15 is 0 Å². The number of halogens is 2. The quantitative estimate of drug-likeness (QED) is 0.445. The maximum absolute atomic E-state index is 14.0. The molecule has 0 bridgehead atoms. The Hall–Kier alpha value is -2.55. The van der Waals surface area contributed by atoms with Gasteiger partial charge < -0.3 is 15.7 Å². The third kappa shape index (κ3) is 5.98. The van der Waals surface area contributed by atoms with E-state index in [0.717, 1.165) is 11.3 Å². The van der Waals surface area contributed by atoms with Crippen molar-refractivity contribution < 1.29 is 14.3 Å². The molecular weight excluding hydrogens is 427 g/mol. The third-order valence-electron chi connectivity index (χ3n) is 4.35. The first-order valence-corrected chi connectivity index (χ1v) is 10.5. The normalized spacial score (nSPS) is 12.4. The molecular formula is C21H22ClFN4O2S. The minimum Gasteiger partial charge on any atom is -0.387 e. The lowest BCUT2D eigenvalue weighted by Crippen LogP contribution is -2.42. The number of alkyl halides is 1. The second kappa shape index (κ2) is 9.51. The summed E-state index contributed by atoms with van der Waals surface area (Å²) >= 11 is 7.40. The molecule has 0 aliphatic heterocycles. The molecule has 158 valence electrons. The van der Waals surface area contributed by atoms with E-state index in [-0.39, 0.29) is 17.3 Å². The Balaban J connectivity index is 1.72. The minimum absolute atomic E-state index is 0.196. The van der Waals surface area contributed by atoms with Gasteiger partial charge in [-0.25, -0.2) is 14.4 Å². The number of aliphatic hydroxyl groups is 1. The number of hydrogen-bond acceptors (Lipinski definition) is 6. The van der Waals surface area contributed by atoms with E-state index < -0.39 is 17.7 Å². The first kappa shape index (κ1) is 22.1.